The van der Waals surface area contributed by atoms with Crippen LogP contribution in [0.4, 0.5) is 5.00 Å². The van der Waals surface area contributed by atoms with Crippen molar-refractivity contribution >= 4 is 39.9 Å². The highest BCUT2D eigenvalue weighted by Gasteiger charge is 2.27. The number of Topliss-reactive ketones (excluding diaryl/α,β-unsaturated/α-hetero) is 1. The standard InChI is InChI=1S/C11H12N2O4S.C9H9NO2/c1-5(14)9(15)13-10-8(11(16)17)6-2-3-12-4-7(6)18-10;1-10-5-7-6(9(10)12)3-2-4-8(7)11/h12H,2-4H2,1H3,(H,13,15)(H,16,17);2-4,11H,5H2,1H3. The number of carbonyl (C=O) groups is 4. The number of anilines is 1. The number of carbonyl (C=O) groups excluding carboxylic acids is 3. The largest absolute Gasteiger partial charge is 0.508 e. The Hall–Kier alpha value is -3.24. The third kappa shape index (κ3) is 4.19. The summed E-state index contributed by atoms with van der Waals surface area (Å²) in [5.41, 5.74) is 2.23. The number of carboxylic acid groups (broad SMARTS) is 1. The van der Waals surface area contributed by atoms with Gasteiger partial charge in [0.1, 0.15) is 10.8 Å². The minimum absolute atomic E-state index is 0.0131. The topological polar surface area (TPSA) is 136 Å². The van der Waals surface area contributed by atoms with Gasteiger partial charge in [-0.3, -0.25) is 14.4 Å². The number of amides is 2. The summed E-state index contributed by atoms with van der Waals surface area (Å²) in [6, 6.07) is 5.03. The van der Waals surface area contributed by atoms with Gasteiger partial charge in [0.15, 0.2) is 0 Å². The molecule has 2 amide bonds. The summed E-state index contributed by atoms with van der Waals surface area (Å²) < 4.78 is 0. The Morgan fingerprint density at radius 2 is 1.97 bits per heavy atom. The van der Waals surface area contributed by atoms with Gasteiger partial charge < -0.3 is 25.7 Å². The summed E-state index contributed by atoms with van der Waals surface area (Å²) in [4.78, 5) is 47.4. The molecule has 4 rings (SSSR count). The molecule has 0 unspecified atom stereocenters. The van der Waals surface area contributed by atoms with Crippen molar-refractivity contribution in [1.82, 2.24) is 10.2 Å². The highest BCUT2D eigenvalue weighted by Crippen LogP contribution is 2.35. The summed E-state index contributed by atoms with van der Waals surface area (Å²) in [6.45, 7) is 2.96. The Kier molecular flexibility index (Phi) is 6.18. The maximum atomic E-state index is 11.4. The van der Waals surface area contributed by atoms with Crippen LogP contribution >= 0.6 is 11.3 Å². The molecule has 4 N–H and O–H groups in total. The summed E-state index contributed by atoms with van der Waals surface area (Å²) >= 11 is 1.21. The molecule has 0 bridgehead atoms. The van der Waals surface area contributed by atoms with Crippen LogP contribution in [0.2, 0.25) is 0 Å². The molecule has 1 aromatic carbocycles. The molecular weight excluding hydrogens is 410 g/mol. The molecule has 0 spiro atoms. The zero-order valence-corrected chi connectivity index (χ0v) is 17.3. The van der Waals surface area contributed by atoms with Crippen LogP contribution in [0, 0.1) is 0 Å². The number of phenolic OH excluding ortho intramolecular Hbond substituents is 1. The minimum Gasteiger partial charge on any atom is -0.508 e. The van der Waals surface area contributed by atoms with Crippen molar-refractivity contribution in [2.24, 2.45) is 0 Å². The SMILES string of the molecule is CC(=O)C(=O)Nc1sc2c(c1C(=O)O)CCNC2.CN1Cc2c(O)cccc2C1=O. The van der Waals surface area contributed by atoms with Crippen molar-refractivity contribution in [2.45, 2.75) is 26.4 Å². The van der Waals surface area contributed by atoms with Crippen molar-refractivity contribution in [3.05, 3.63) is 45.3 Å². The van der Waals surface area contributed by atoms with Gasteiger partial charge in [0.2, 0.25) is 5.78 Å². The van der Waals surface area contributed by atoms with Crippen LogP contribution in [-0.2, 0) is 29.1 Å². The Morgan fingerprint density at radius 1 is 1.23 bits per heavy atom. The highest BCUT2D eigenvalue weighted by molar-refractivity contribution is 7.17. The van der Waals surface area contributed by atoms with Gasteiger partial charge in [0, 0.05) is 36.5 Å². The van der Waals surface area contributed by atoms with Crippen molar-refractivity contribution in [2.75, 3.05) is 18.9 Å². The first-order valence-corrected chi connectivity index (χ1v) is 9.99. The molecule has 30 heavy (non-hydrogen) atoms. The van der Waals surface area contributed by atoms with E-state index in [4.69, 9.17) is 0 Å². The van der Waals surface area contributed by atoms with E-state index in [1.807, 2.05) is 0 Å². The third-order valence-corrected chi connectivity index (χ3v) is 5.96. The first-order chi connectivity index (χ1) is 14.2. The number of aromatic hydroxyl groups is 1. The number of fused-ring (bicyclic) bond motifs is 2. The number of hydrogen-bond acceptors (Lipinski definition) is 7. The molecule has 2 aliphatic heterocycles. The first kappa shape index (κ1) is 21.5. The lowest BCUT2D eigenvalue weighted by atomic mass is 10.0. The van der Waals surface area contributed by atoms with Crippen LogP contribution in [0.15, 0.2) is 18.2 Å². The average Bonchev–Trinajstić information content (AvgIpc) is 3.20. The van der Waals surface area contributed by atoms with E-state index >= 15 is 0 Å². The number of ketones is 1. The molecule has 1 aromatic heterocycles. The Balaban J connectivity index is 0.000000184. The van der Waals surface area contributed by atoms with Crippen LogP contribution in [0.5, 0.6) is 5.75 Å². The molecule has 0 radical (unpaired) electrons. The van der Waals surface area contributed by atoms with Crippen molar-refractivity contribution in [3.8, 4) is 5.75 Å². The van der Waals surface area contributed by atoms with E-state index in [0.717, 1.165) is 22.9 Å². The Bertz CT molecular complexity index is 1050. The fraction of sp³-hybridized carbons (Fsp3) is 0.300. The van der Waals surface area contributed by atoms with Crippen molar-refractivity contribution < 1.29 is 29.4 Å². The molecule has 3 heterocycles. The molecule has 9 nitrogen and oxygen atoms in total. The number of benzene rings is 1. The van der Waals surface area contributed by atoms with Crippen molar-refractivity contribution in [3.63, 3.8) is 0 Å². The minimum atomic E-state index is -1.08. The zero-order chi connectivity index (χ0) is 22.0. The quantitative estimate of drug-likeness (QED) is 0.542. The van der Waals surface area contributed by atoms with Crippen molar-refractivity contribution in [1.29, 1.82) is 0 Å². The third-order valence-electron chi connectivity index (χ3n) is 4.81. The smallest absolute Gasteiger partial charge is 0.339 e. The maximum absolute atomic E-state index is 11.4. The molecular formula is C20H21N3O6S. The van der Waals surface area contributed by atoms with Gasteiger partial charge in [-0.05, 0) is 30.7 Å². The summed E-state index contributed by atoms with van der Waals surface area (Å²) in [5.74, 6) is -2.31. The van der Waals surface area contributed by atoms with E-state index in [2.05, 4.69) is 10.6 Å². The molecule has 0 aliphatic carbocycles. The number of nitrogens with zero attached hydrogens (tertiary/aromatic N) is 1. The van der Waals surface area contributed by atoms with Gasteiger partial charge in [-0.25, -0.2) is 4.79 Å². The zero-order valence-electron chi connectivity index (χ0n) is 16.4. The van der Waals surface area contributed by atoms with Crippen LogP contribution in [-0.4, -0.2) is 52.3 Å². The molecule has 0 saturated heterocycles. The molecule has 0 saturated carbocycles. The summed E-state index contributed by atoms with van der Waals surface area (Å²) in [6.07, 6.45) is 0.614. The maximum Gasteiger partial charge on any atom is 0.339 e. The van der Waals surface area contributed by atoms with Gasteiger partial charge in [-0.15, -0.1) is 11.3 Å². The van der Waals surface area contributed by atoms with E-state index in [1.165, 1.54) is 11.3 Å². The second kappa shape index (κ2) is 8.64. The lowest BCUT2D eigenvalue weighted by Crippen LogP contribution is -2.23. The fourth-order valence-corrected chi connectivity index (χ4v) is 4.50. The van der Waals surface area contributed by atoms with E-state index < -0.39 is 17.7 Å². The number of rotatable bonds is 3. The molecule has 2 aliphatic rings. The van der Waals surface area contributed by atoms with Crippen LogP contribution in [0.1, 0.15) is 43.6 Å². The highest BCUT2D eigenvalue weighted by atomic mass is 32.1. The Labute approximate surface area is 176 Å². The monoisotopic (exact) mass is 431 g/mol. The fourth-order valence-electron chi connectivity index (χ4n) is 3.30. The average molecular weight is 431 g/mol. The van der Waals surface area contributed by atoms with Crippen LogP contribution in [0.25, 0.3) is 0 Å². The number of phenols is 1. The normalized spacial score (nSPS) is 14.3. The van der Waals surface area contributed by atoms with Gasteiger partial charge in [0.25, 0.3) is 11.8 Å². The second-order valence-electron chi connectivity index (χ2n) is 6.91. The van der Waals surface area contributed by atoms with Gasteiger partial charge in [-0.1, -0.05) is 6.07 Å². The predicted octanol–water partition coefficient (Wildman–Crippen LogP) is 1.60. The molecule has 2 aromatic rings. The molecule has 0 fully saturated rings. The van der Waals surface area contributed by atoms with E-state index in [1.54, 1.807) is 30.1 Å². The number of carboxylic acids is 1. The van der Waals surface area contributed by atoms with Crippen LogP contribution in [0.3, 0.4) is 0 Å². The molecule has 0 atom stereocenters. The lowest BCUT2D eigenvalue weighted by molar-refractivity contribution is -0.133. The number of nitrogens with one attached hydrogen (secondary N) is 2. The van der Waals surface area contributed by atoms with Crippen LogP contribution < -0.4 is 10.6 Å². The van der Waals surface area contributed by atoms with E-state index in [0.29, 0.717) is 31.6 Å². The van der Waals surface area contributed by atoms with E-state index in [-0.39, 0.29) is 22.2 Å². The number of aromatic carboxylic acids is 1. The lowest BCUT2D eigenvalue weighted by Gasteiger charge is -2.12. The molecule has 10 heteroatoms. The van der Waals surface area contributed by atoms with Gasteiger partial charge >= 0.3 is 5.97 Å². The first-order valence-electron chi connectivity index (χ1n) is 9.17. The number of hydrogen-bond donors (Lipinski definition) is 4. The summed E-state index contributed by atoms with van der Waals surface area (Å²) in [5, 5.41) is 24.4. The van der Waals surface area contributed by atoms with Gasteiger partial charge in [-0.2, -0.15) is 0 Å². The predicted molar refractivity (Wildman–Crippen MR) is 110 cm³/mol. The van der Waals surface area contributed by atoms with Gasteiger partial charge in [0.05, 0.1) is 12.1 Å². The summed E-state index contributed by atoms with van der Waals surface area (Å²) in [7, 11) is 1.72. The Morgan fingerprint density at radius 3 is 2.60 bits per heavy atom. The second-order valence-corrected chi connectivity index (χ2v) is 8.02. The molecule has 158 valence electrons. The van der Waals surface area contributed by atoms with E-state index in [9.17, 15) is 29.4 Å². The number of thiophene rings is 1.